The Hall–Kier alpha value is -4.13. The maximum atomic E-state index is 12.9. The van der Waals surface area contributed by atoms with Crippen molar-refractivity contribution >= 4 is 5.91 Å². The van der Waals surface area contributed by atoms with Gasteiger partial charge in [-0.2, -0.15) is 0 Å². The standard InChI is InChI=1S/C27H26N4O3/c1-19-8-7-11-21(16-19)31-25(15-14-20-9-3-2-4-10-20)29-26(30-31)27(32)28-17-22-18-33-23-12-5-6-13-24(23)34-22/h2-13,16,22H,14-15,17-18H2,1H3,(H,28,32). The Morgan fingerprint density at radius 2 is 1.79 bits per heavy atom. The third-order valence-corrected chi connectivity index (χ3v) is 5.66. The molecule has 0 fully saturated rings. The summed E-state index contributed by atoms with van der Waals surface area (Å²) in [6.45, 7) is 2.69. The Morgan fingerprint density at radius 1 is 1.00 bits per heavy atom. The second kappa shape index (κ2) is 9.79. The van der Waals surface area contributed by atoms with Crippen LogP contribution in [0.3, 0.4) is 0 Å². The molecule has 7 heteroatoms. The van der Waals surface area contributed by atoms with Crippen molar-refractivity contribution in [1.29, 1.82) is 0 Å². The molecule has 172 valence electrons. The SMILES string of the molecule is Cc1cccc(-n2nc(C(=O)NCC3COc4ccccc4O3)nc2CCc2ccccc2)c1. The van der Waals surface area contributed by atoms with Crippen LogP contribution in [0.25, 0.3) is 5.69 Å². The molecule has 34 heavy (non-hydrogen) atoms. The number of nitrogens with one attached hydrogen (secondary N) is 1. The fraction of sp³-hybridized carbons (Fsp3) is 0.222. The topological polar surface area (TPSA) is 78.3 Å². The molecular weight excluding hydrogens is 428 g/mol. The van der Waals surface area contributed by atoms with E-state index in [-0.39, 0.29) is 17.8 Å². The summed E-state index contributed by atoms with van der Waals surface area (Å²) in [5.41, 5.74) is 3.21. The fourth-order valence-electron chi connectivity index (χ4n) is 3.92. The van der Waals surface area contributed by atoms with E-state index < -0.39 is 0 Å². The number of aryl methyl sites for hydroxylation is 3. The van der Waals surface area contributed by atoms with Crippen LogP contribution in [-0.2, 0) is 12.8 Å². The first-order chi connectivity index (χ1) is 16.7. The van der Waals surface area contributed by atoms with Crippen LogP contribution < -0.4 is 14.8 Å². The number of hydrogen-bond donors (Lipinski definition) is 1. The number of aromatic nitrogens is 3. The maximum absolute atomic E-state index is 12.9. The van der Waals surface area contributed by atoms with Crippen LogP contribution in [0, 0.1) is 6.92 Å². The minimum atomic E-state index is -0.338. The van der Waals surface area contributed by atoms with Gasteiger partial charge in [-0.3, -0.25) is 4.79 Å². The minimum absolute atomic E-state index is 0.140. The third-order valence-electron chi connectivity index (χ3n) is 5.66. The van der Waals surface area contributed by atoms with Gasteiger partial charge in [-0.25, -0.2) is 9.67 Å². The van der Waals surface area contributed by atoms with E-state index in [2.05, 4.69) is 27.5 Å². The van der Waals surface area contributed by atoms with Crippen LogP contribution in [0.15, 0.2) is 78.9 Å². The lowest BCUT2D eigenvalue weighted by Crippen LogP contribution is -2.41. The van der Waals surface area contributed by atoms with Crippen molar-refractivity contribution in [2.24, 2.45) is 0 Å². The lowest BCUT2D eigenvalue weighted by Gasteiger charge is -2.26. The number of carbonyl (C=O) groups excluding carboxylic acids is 1. The van der Waals surface area contributed by atoms with E-state index in [1.807, 2.05) is 73.7 Å². The van der Waals surface area contributed by atoms with Crippen LogP contribution in [0.2, 0.25) is 0 Å². The number of carbonyl (C=O) groups is 1. The van der Waals surface area contributed by atoms with Gasteiger partial charge >= 0.3 is 0 Å². The second-order valence-electron chi connectivity index (χ2n) is 8.30. The molecule has 0 radical (unpaired) electrons. The van der Waals surface area contributed by atoms with Crippen molar-refractivity contribution in [3.05, 3.63) is 102 Å². The molecule has 4 aromatic rings. The fourth-order valence-corrected chi connectivity index (χ4v) is 3.92. The van der Waals surface area contributed by atoms with Gasteiger partial charge < -0.3 is 14.8 Å². The molecule has 1 amide bonds. The van der Waals surface area contributed by atoms with Crippen molar-refractivity contribution < 1.29 is 14.3 Å². The van der Waals surface area contributed by atoms with E-state index in [0.717, 1.165) is 23.5 Å². The summed E-state index contributed by atoms with van der Waals surface area (Å²) >= 11 is 0. The molecule has 0 aliphatic carbocycles. The van der Waals surface area contributed by atoms with E-state index in [9.17, 15) is 4.79 Å². The van der Waals surface area contributed by atoms with Gasteiger partial charge in [-0.15, -0.1) is 5.10 Å². The molecule has 0 bridgehead atoms. The normalized spacial score (nSPS) is 14.6. The molecule has 3 aromatic carbocycles. The van der Waals surface area contributed by atoms with Crippen LogP contribution in [-0.4, -0.2) is 39.9 Å². The van der Waals surface area contributed by atoms with Gasteiger partial charge in [-0.05, 0) is 48.7 Å². The molecular formula is C27H26N4O3. The summed E-state index contributed by atoms with van der Waals surface area (Å²) in [6.07, 6.45) is 1.18. The Bertz CT molecular complexity index is 1290. The first kappa shape index (κ1) is 21.7. The van der Waals surface area contributed by atoms with Crippen LogP contribution in [0.1, 0.15) is 27.6 Å². The van der Waals surface area contributed by atoms with Crippen molar-refractivity contribution in [3.8, 4) is 17.2 Å². The summed E-state index contributed by atoms with van der Waals surface area (Å²) in [5.74, 6) is 1.94. The van der Waals surface area contributed by atoms with Gasteiger partial charge in [0.05, 0.1) is 12.2 Å². The molecule has 0 saturated carbocycles. The number of para-hydroxylation sites is 2. The van der Waals surface area contributed by atoms with Crippen molar-refractivity contribution in [1.82, 2.24) is 20.1 Å². The lowest BCUT2D eigenvalue weighted by molar-refractivity contribution is 0.0783. The van der Waals surface area contributed by atoms with Crippen molar-refractivity contribution in [2.45, 2.75) is 25.9 Å². The Labute approximate surface area is 198 Å². The highest BCUT2D eigenvalue weighted by Crippen LogP contribution is 2.30. The van der Waals surface area contributed by atoms with Crippen molar-refractivity contribution in [3.63, 3.8) is 0 Å². The zero-order chi connectivity index (χ0) is 23.3. The largest absolute Gasteiger partial charge is 0.486 e. The average molecular weight is 455 g/mol. The number of ether oxygens (including phenoxy) is 2. The van der Waals surface area contributed by atoms with E-state index in [4.69, 9.17) is 9.47 Å². The molecule has 1 unspecified atom stereocenters. The van der Waals surface area contributed by atoms with Gasteiger partial charge in [-0.1, -0.05) is 54.6 Å². The molecule has 1 N–H and O–H groups in total. The van der Waals surface area contributed by atoms with Crippen LogP contribution >= 0.6 is 0 Å². The number of amides is 1. The average Bonchev–Trinajstić information content (AvgIpc) is 3.31. The quantitative estimate of drug-likeness (QED) is 0.458. The van der Waals surface area contributed by atoms with E-state index in [1.165, 1.54) is 5.56 Å². The number of nitrogens with zero attached hydrogens (tertiary/aromatic N) is 3. The lowest BCUT2D eigenvalue weighted by atomic mass is 10.1. The highest BCUT2D eigenvalue weighted by Gasteiger charge is 2.23. The van der Waals surface area contributed by atoms with E-state index in [1.54, 1.807) is 4.68 Å². The number of hydrogen-bond acceptors (Lipinski definition) is 5. The van der Waals surface area contributed by atoms with Gasteiger partial charge in [0.2, 0.25) is 5.82 Å². The Balaban J connectivity index is 1.31. The van der Waals surface area contributed by atoms with Crippen LogP contribution in [0.5, 0.6) is 11.5 Å². The summed E-state index contributed by atoms with van der Waals surface area (Å²) in [7, 11) is 0. The molecule has 5 rings (SSSR count). The minimum Gasteiger partial charge on any atom is -0.486 e. The van der Waals surface area contributed by atoms with Gasteiger partial charge in [0.1, 0.15) is 18.5 Å². The van der Waals surface area contributed by atoms with E-state index in [0.29, 0.717) is 31.1 Å². The maximum Gasteiger partial charge on any atom is 0.291 e. The highest BCUT2D eigenvalue weighted by atomic mass is 16.6. The molecule has 1 atom stereocenters. The van der Waals surface area contributed by atoms with E-state index >= 15 is 0 Å². The number of fused-ring (bicyclic) bond motifs is 1. The smallest absolute Gasteiger partial charge is 0.291 e. The first-order valence-electron chi connectivity index (χ1n) is 11.4. The molecule has 2 heterocycles. The van der Waals surface area contributed by atoms with Gasteiger partial charge in [0.15, 0.2) is 11.5 Å². The summed E-state index contributed by atoms with van der Waals surface area (Å²) in [4.78, 5) is 17.5. The number of rotatable bonds is 7. The summed E-state index contributed by atoms with van der Waals surface area (Å²) < 4.78 is 13.4. The van der Waals surface area contributed by atoms with Crippen molar-refractivity contribution in [2.75, 3.05) is 13.2 Å². The monoisotopic (exact) mass is 454 g/mol. The highest BCUT2D eigenvalue weighted by molar-refractivity contribution is 5.90. The first-order valence-corrected chi connectivity index (χ1v) is 11.4. The predicted molar refractivity (Wildman–Crippen MR) is 129 cm³/mol. The Morgan fingerprint density at radius 3 is 2.62 bits per heavy atom. The van der Waals surface area contributed by atoms with Gasteiger partial charge in [0, 0.05) is 6.42 Å². The molecule has 0 spiro atoms. The Kier molecular flexibility index (Phi) is 6.25. The third kappa shape index (κ3) is 4.93. The molecule has 1 aliphatic rings. The zero-order valence-electron chi connectivity index (χ0n) is 19.0. The van der Waals surface area contributed by atoms with Crippen LogP contribution in [0.4, 0.5) is 0 Å². The molecule has 1 aromatic heterocycles. The molecule has 7 nitrogen and oxygen atoms in total. The predicted octanol–water partition coefficient (Wildman–Crippen LogP) is 3.93. The summed E-state index contributed by atoms with van der Waals surface area (Å²) in [6, 6.07) is 25.7. The molecule has 1 aliphatic heterocycles. The van der Waals surface area contributed by atoms with Gasteiger partial charge in [0.25, 0.3) is 5.91 Å². The number of benzene rings is 3. The molecule has 0 saturated heterocycles. The second-order valence-corrected chi connectivity index (χ2v) is 8.30. The zero-order valence-corrected chi connectivity index (χ0v) is 19.0. The summed E-state index contributed by atoms with van der Waals surface area (Å²) in [5, 5.41) is 7.45.